The highest BCUT2D eigenvalue weighted by Crippen LogP contribution is 2.35. The van der Waals surface area contributed by atoms with Crippen molar-refractivity contribution in [1.82, 2.24) is 0 Å². The summed E-state index contributed by atoms with van der Waals surface area (Å²) in [4.78, 5) is 0.194. The van der Waals surface area contributed by atoms with E-state index in [0.717, 1.165) is 10.2 Å². The van der Waals surface area contributed by atoms with E-state index < -0.39 is 0 Å². The van der Waals surface area contributed by atoms with Crippen molar-refractivity contribution in [3.05, 3.63) is 63.6 Å². The third-order valence-electron chi connectivity index (χ3n) is 2.88. The van der Waals surface area contributed by atoms with Crippen LogP contribution >= 0.6 is 31.9 Å². The number of hydrogen-bond acceptors (Lipinski definition) is 1. The zero-order valence-electron chi connectivity index (χ0n) is 11.0. The summed E-state index contributed by atoms with van der Waals surface area (Å²) >= 11 is 7.32. The molecule has 0 N–H and O–H groups in total. The highest BCUT2D eigenvalue weighted by atomic mass is 79.9. The largest absolute Gasteiger partial charge is 0.493 e. The molecule has 0 spiro atoms. The lowest BCUT2D eigenvalue weighted by Crippen LogP contribution is -1.96. The predicted octanol–water partition coefficient (Wildman–Crippen LogP) is 5.64. The van der Waals surface area contributed by atoms with E-state index in [1.165, 1.54) is 16.7 Å². The van der Waals surface area contributed by atoms with E-state index in [0.29, 0.717) is 6.61 Å². The molecule has 1 unspecified atom stereocenters. The molecule has 1 atom stereocenters. The first kappa shape index (κ1) is 14.6. The van der Waals surface area contributed by atoms with Gasteiger partial charge in [-0.25, -0.2) is 0 Å². The van der Waals surface area contributed by atoms with Gasteiger partial charge >= 0.3 is 0 Å². The van der Waals surface area contributed by atoms with Gasteiger partial charge in [-0.3, -0.25) is 0 Å². The van der Waals surface area contributed by atoms with Crippen LogP contribution in [-0.4, -0.2) is 6.61 Å². The van der Waals surface area contributed by atoms with Crippen molar-refractivity contribution < 1.29 is 4.74 Å². The van der Waals surface area contributed by atoms with Crippen molar-refractivity contribution in [1.29, 1.82) is 0 Å². The van der Waals surface area contributed by atoms with E-state index in [1.54, 1.807) is 0 Å². The Morgan fingerprint density at radius 2 is 1.84 bits per heavy atom. The number of ether oxygens (including phenoxy) is 1. The van der Waals surface area contributed by atoms with E-state index in [-0.39, 0.29) is 4.83 Å². The van der Waals surface area contributed by atoms with Crippen LogP contribution < -0.4 is 4.74 Å². The van der Waals surface area contributed by atoms with Crippen LogP contribution in [0.2, 0.25) is 0 Å². The van der Waals surface area contributed by atoms with E-state index >= 15 is 0 Å². The van der Waals surface area contributed by atoms with Gasteiger partial charge in [0.2, 0.25) is 0 Å². The molecule has 0 saturated heterocycles. The zero-order valence-corrected chi connectivity index (χ0v) is 14.2. The number of rotatable bonds is 4. The molecule has 0 aliphatic carbocycles. The van der Waals surface area contributed by atoms with Gasteiger partial charge in [0.1, 0.15) is 5.75 Å². The van der Waals surface area contributed by atoms with Gasteiger partial charge in [0.15, 0.2) is 0 Å². The van der Waals surface area contributed by atoms with Crippen LogP contribution in [-0.2, 0) is 0 Å². The monoisotopic (exact) mass is 382 g/mol. The van der Waals surface area contributed by atoms with E-state index in [9.17, 15) is 0 Å². The quantitative estimate of drug-likeness (QED) is 0.620. The van der Waals surface area contributed by atoms with Gasteiger partial charge < -0.3 is 4.74 Å². The van der Waals surface area contributed by atoms with Gasteiger partial charge in [-0.1, -0.05) is 51.8 Å². The fourth-order valence-corrected chi connectivity index (χ4v) is 3.05. The lowest BCUT2D eigenvalue weighted by molar-refractivity contribution is 0.338. The minimum Gasteiger partial charge on any atom is -0.493 e. The highest BCUT2D eigenvalue weighted by Gasteiger charge is 2.12. The molecule has 2 aromatic carbocycles. The molecule has 0 aliphatic rings. The topological polar surface area (TPSA) is 9.23 Å². The maximum absolute atomic E-state index is 5.53. The van der Waals surface area contributed by atoms with Crippen molar-refractivity contribution >= 4 is 31.9 Å². The molecular formula is C16H16Br2O. The molecule has 0 aromatic heterocycles. The van der Waals surface area contributed by atoms with Gasteiger partial charge in [-0.2, -0.15) is 0 Å². The van der Waals surface area contributed by atoms with Gasteiger partial charge in [-0.05, 0) is 53.0 Å². The molecule has 0 aliphatic heterocycles. The Morgan fingerprint density at radius 3 is 2.47 bits per heavy atom. The van der Waals surface area contributed by atoms with Crippen LogP contribution in [0.4, 0.5) is 0 Å². The fraction of sp³-hybridized carbons (Fsp3) is 0.250. The minimum atomic E-state index is 0.194. The van der Waals surface area contributed by atoms with E-state index in [2.05, 4.69) is 75.2 Å². The average Bonchev–Trinajstić information content (AvgIpc) is 2.40. The average molecular weight is 384 g/mol. The molecule has 0 heterocycles. The molecule has 100 valence electrons. The van der Waals surface area contributed by atoms with Crippen LogP contribution in [0.25, 0.3) is 0 Å². The Bertz CT molecular complexity index is 566. The standard InChI is InChI=1S/C16H16Br2O/c1-3-19-15-8-7-13(10-14(15)17)16(18)12-6-4-5-11(2)9-12/h4-10,16H,3H2,1-2H3. The molecule has 19 heavy (non-hydrogen) atoms. The number of alkyl halides is 1. The van der Waals surface area contributed by atoms with Crippen molar-refractivity contribution in [2.75, 3.05) is 6.61 Å². The summed E-state index contributed by atoms with van der Waals surface area (Å²) < 4.78 is 6.52. The molecule has 2 aromatic rings. The Hall–Kier alpha value is -0.800. The molecule has 0 saturated carbocycles. The maximum Gasteiger partial charge on any atom is 0.133 e. The van der Waals surface area contributed by atoms with Crippen LogP contribution in [0.1, 0.15) is 28.4 Å². The number of hydrogen-bond donors (Lipinski definition) is 0. The SMILES string of the molecule is CCOc1ccc(C(Br)c2cccc(C)c2)cc1Br. The third-order valence-corrected chi connectivity index (χ3v) is 4.56. The minimum absolute atomic E-state index is 0.194. The van der Waals surface area contributed by atoms with E-state index in [4.69, 9.17) is 4.74 Å². The van der Waals surface area contributed by atoms with Crippen LogP contribution in [0.15, 0.2) is 46.9 Å². The summed E-state index contributed by atoms with van der Waals surface area (Å²) in [6, 6.07) is 14.7. The molecule has 0 radical (unpaired) electrons. The zero-order chi connectivity index (χ0) is 13.8. The summed E-state index contributed by atoms with van der Waals surface area (Å²) in [7, 11) is 0. The third kappa shape index (κ3) is 3.61. The highest BCUT2D eigenvalue weighted by molar-refractivity contribution is 9.10. The van der Waals surface area contributed by atoms with Crippen LogP contribution in [0.3, 0.4) is 0 Å². The van der Waals surface area contributed by atoms with Gasteiger partial charge in [0, 0.05) is 0 Å². The summed E-state index contributed by atoms with van der Waals surface area (Å²) in [6.07, 6.45) is 0. The van der Waals surface area contributed by atoms with Gasteiger partial charge in [-0.15, -0.1) is 0 Å². The maximum atomic E-state index is 5.53. The van der Waals surface area contributed by atoms with Crippen molar-refractivity contribution in [2.45, 2.75) is 18.7 Å². The summed E-state index contributed by atoms with van der Waals surface area (Å²) in [6.45, 7) is 4.77. The molecule has 1 nitrogen and oxygen atoms in total. The van der Waals surface area contributed by atoms with E-state index in [1.807, 2.05) is 13.0 Å². The number of halogens is 2. The van der Waals surface area contributed by atoms with Crippen LogP contribution in [0, 0.1) is 6.92 Å². The Kier molecular flexibility index (Phi) is 5.06. The second-order valence-electron chi connectivity index (χ2n) is 4.40. The van der Waals surface area contributed by atoms with Crippen molar-refractivity contribution in [3.8, 4) is 5.75 Å². The number of benzene rings is 2. The second kappa shape index (κ2) is 6.58. The molecule has 0 bridgehead atoms. The first-order valence-electron chi connectivity index (χ1n) is 6.24. The molecule has 3 heteroatoms. The predicted molar refractivity (Wildman–Crippen MR) is 87.3 cm³/mol. The van der Waals surface area contributed by atoms with Crippen LogP contribution in [0.5, 0.6) is 5.75 Å². The molecule has 0 amide bonds. The van der Waals surface area contributed by atoms with Crippen molar-refractivity contribution in [2.24, 2.45) is 0 Å². The van der Waals surface area contributed by atoms with Gasteiger partial charge in [0.05, 0.1) is 15.9 Å². The lowest BCUT2D eigenvalue weighted by Gasteiger charge is -2.13. The van der Waals surface area contributed by atoms with Crippen molar-refractivity contribution in [3.63, 3.8) is 0 Å². The van der Waals surface area contributed by atoms with Gasteiger partial charge in [0.25, 0.3) is 0 Å². The Balaban J connectivity index is 2.29. The summed E-state index contributed by atoms with van der Waals surface area (Å²) in [5.41, 5.74) is 3.74. The second-order valence-corrected chi connectivity index (χ2v) is 6.17. The Labute approximate surface area is 131 Å². The number of aryl methyl sites for hydroxylation is 1. The summed E-state index contributed by atoms with van der Waals surface area (Å²) in [5.74, 6) is 0.884. The normalized spacial score (nSPS) is 12.2. The first-order valence-corrected chi connectivity index (χ1v) is 7.95. The summed E-state index contributed by atoms with van der Waals surface area (Å²) in [5, 5.41) is 0. The molecule has 0 fully saturated rings. The molecule has 2 rings (SSSR count). The molecular weight excluding hydrogens is 368 g/mol. The smallest absolute Gasteiger partial charge is 0.133 e. The fourth-order valence-electron chi connectivity index (χ4n) is 1.97. The Morgan fingerprint density at radius 1 is 1.11 bits per heavy atom. The lowest BCUT2D eigenvalue weighted by atomic mass is 10.0. The first-order chi connectivity index (χ1) is 9.11.